The second-order valence-electron chi connectivity index (χ2n) is 25.0. The number of aliphatic hydroxyl groups is 7. The van der Waals surface area contributed by atoms with Crippen LogP contribution >= 0.6 is 0 Å². The fraction of sp³-hybridized carbons (Fsp3) is 0.621. The summed E-state index contributed by atoms with van der Waals surface area (Å²) in [6.45, 7) is 8.22. The average molecular weight is 1320 g/mol. The molecule has 7 rings (SSSR count). The Kier molecular flexibility index (Phi) is 29.2. The number of unbranched alkanes of at least 4 members (excludes halogenated alkanes) is 8. The van der Waals surface area contributed by atoms with Crippen LogP contribution in [-0.4, -0.2) is 260 Å². The first-order valence-electron chi connectivity index (χ1n) is 33.1. The predicted octanol–water partition coefficient (Wildman–Crippen LogP) is -1.57. The van der Waals surface area contributed by atoms with Gasteiger partial charge in [0.25, 0.3) is 5.91 Å². The highest BCUT2D eigenvalue weighted by molar-refractivity contribution is 6.00. The van der Waals surface area contributed by atoms with Crippen LogP contribution in [0, 0.1) is 0 Å². The number of phenolic OH excluding ortho intramolecular Hbond substituents is 1. The van der Waals surface area contributed by atoms with E-state index < -0.39 is 146 Å². The molecule has 28 nitrogen and oxygen atoms in total. The Bertz CT molecular complexity index is 2910. The van der Waals surface area contributed by atoms with Gasteiger partial charge in [-0.1, -0.05) is 94.7 Å². The second kappa shape index (κ2) is 36.8. The van der Waals surface area contributed by atoms with Crippen LogP contribution in [0.4, 0.5) is 0 Å². The first-order chi connectivity index (χ1) is 45.1. The number of hydrogen-bond donors (Lipinski definition) is 15. The summed E-state index contributed by atoms with van der Waals surface area (Å²) in [5, 5.41) is 102. The SMILES string of the molecule is CCCCCCCCCCCN1CCN(CCOc2ccc(-c3ccc(C(=O)NC4CC(O)C(OCCN)NC(=O)C5C(O)CCN5C(=O)C(C(O)CCN)NC(=O)C(C(O)C(O)c5ccc(O)cc5)NC(=O)C5CC(O)CN5C(=O)C(C(C)O)NC4=O)cc3)cc2)CC1. The lowest BCUT2D eigenvalue weighted by Gasteiger charge is -2.35. The molecule has 4 fully saturated rings. The molecule has 4 heterocycles. The third kappa shape index (κ3) is 20.8. The van der Waals surface area contributed by atoms with Gasteiger partial charge in [0.2, 0.25) is 35.4 Å². The number of amides is 7. The van der Waals surface area contributed by atoms with Crippen molar-refractivity contribution < 1.29 is 83.9 Å². The van der Waals surface area contributed by atoms with Crippen molar-refractivity contribution in [3.63, 3.8) is 0 Å². The van der Waals surface area contributed by atoms with Crippen molar-refractivity contribution in [3.8, 4) is 22.6 Å². The number of fused-ring (bicyclic) bond motifs is 2. The Morgan fingerprint density at radius 1 is 0.628 bits per heavy atom. The highest BCUT2D eigenvalue weighted by Gasteiger charge is 2.49. The van der Waals surface area contributed by atoms with E-state index in [1.54, 1.807) is 12.1 Å². The molecule has 0 radical (unpaired) electrons. The van der Waals surface area contributed by atoms with Gasteiger partial charge >= 0.3 is 0 Å². The third-order valence-corrected chi connectivity index (χ3v) is 17.9. The number of carbonyl (C=O) groups is 7. The van der Waals surface area contributed by atoms with Crippen LogP contribution in [0.2, 0.25) is 0 Å². The van der Waals surface area contributed by atoms with Gasteiger partial charge in [0.15, 0.2) is 6.23 Å². The van der Waals surface area contributed by atoms with Gasteiger partial charge in [0.05, 0.1) is 31.0 Å². The number of nitrogens with one attached hydrogen (secondary N) is 5. The van der Waals surface area contributed by atoms with Crippen molar-refractivity contribution in [1.29, 1.82) is 0 Å². The van der Waals surface area contributed by atoms with E-state index in [1.165, 1.54) is 82.1 Å². The minimum atomic E-state index is -2.31. The number of piperazine rings is 1. The molecule has 17 N–H and O–H groups in total. The largest absolute Gasteiger partial charge is 0.508 e. The van der Waals surface area contributed by atoms with E-state index in [0.717, 1.165) is 79.3 Å². The second-order valence-corrected chi connectivity index (χ2v) is 25.0. The summed E-state index contributed by atoms with van der Waals surface area (Å²) in [6, 6.07) is 6.92. The van der Waals surface area contributed by atoms with Crippen molar-refractivity contribution in [2.75, 3.05) is 78.7 Å². The zero-order chi connectivity index (χ0) is 68.0. The van der Waals surface area contributed by atoms with Gasteiger partial charge in [-0.25, -0.2) is 0 Å². The van der Waals surface area contributed by atoms with Crippen LogP contribution in [0.25, 0.3) is 11.1 Å². The van der Waals surface area contributed by atoms with E-state index in [1.807, 2.05) is 24.3 Å². The van der Waals surface area contributed by atoms with Crippen molar-refractivity contribution >= 4 is 41.4 Å². The number of hydrogen-bond acceptors (Lipinski definition) is 21. The number of aliphatic hydroxyl groups excluding tert-OH is 7. The normalized spacial score (nSPS) is 26.2. The maximum absolute atomic E-state index is 14.7. The van der Waals surface area contributed by atoms with Crippen LogP contribution < -0.4 is 42.8 Å². The van der Waals surface area contributed by atoms with Crippen LogP contribution in [0.15, 0.2) is 72.8 Å². The molecule has 4 aliphatic rings. The molecule has 7 amide bonds. The van der Waals surface area contributed by atoms with Crippen molar-refractivity contribution in [1.82, 2.24) is 46.2 Å². The third-order valence-electron chi connectivity index (χ3n) is 17.9. The van der Waals surface area contributed by atoms with Gasteiger partial charge in [-0.2, -0.15) is 0 Å². The molecular weight excluding hydrogens is 1220 g/mol. The topological polar surface area (TPSA) is 425 Å². The molecule has 3 aromatic carbocycles. The fourth-order valence-corrected chi connectivity index (χ4v) is 12.4. The van der Waals surface area contributed by atoms with E-state index in [-0.39, 0.29) is 56.0 Å². The maximum Gasteiger partial charge on any atom is 0.251 e. The first kappa shape index (κ1) is 74.5. The van der Waals surface area contributed by atoms with Gasteiger partial charge in [-0.3, -0.25) is 38.5 Å². The quantitative estimate of drug-likeness (QED) is 0.0383. The maximum atomic E-state index is 14.7. The minimum Gasteiger partial charge on any atom is -0.508 e. The highest BCUT2D eigenvalue weighted by Crippen LogP contribution is 2.28. The van der Waals surface area contributed by atoms with Gasteiger partial charge in [0, 0.05) is 70.8 Å². The van der Waals surface area contributed by atoms with Gasteiger partial charge in [0.1, 0.15) is 72.7 Å². The van der Waals surface area contributed by atoms with Crippen molar-refractivity contribution in [2.45, 2.75) is 183 Å². The summed E-state index contributed by atoms with van der Waals surface area (Å²) in [6.07, 6.45) is -4.77. The molecule has 0 saturated carbocycles. The molecule has 28 heteroatoms. The van der Waals surface area contributed by atoms with E-state index in [4.69, 9.17) is 20.9 Å². The van der Waals surface area contributed by atoms with Crippen molar-refractivity contribution in [3.05, 3.63) is 83.9 Å². The first-order valence-corrected chi connectivity index (χ1v) is 33.1. The summed E-state index contributed by atoms with van der Waals surface area (Å²) in [5.74, 6) is -7.70. The van der Waals surface area contributed by atoms with E-state index in [9.17, 15) is 74.4 Å². The van der Waals surface area contributed by atoms with E-state index in [2.05, 4.69) is 43.3 Å². The lowest BCUT2D eigenvalue weighted by atomic mass is 9.96. The molecule has 94 heavy (non-hydrogen) atoms. The average Bonchev–Trinajstić information content (AvgIpc) is 1.57. The molecule has 0 spiro atoms. The molecule has 4 saturated heterocycles. The minimum absolute atomic E-state index is 0.0341. The number of rotatable bonds is 27. The summed E-state index contributed by atoms with van der Waals surface area (Å²) in [4.78, 5) is 109. The number of phenols is 1. The Morgan fingerprint density at radius 2 is 1.21 bits per heavy atom. The van der Waals surface area contributed by atoms with Crippen LogP contribution in [0.1, 0.15) is 119 Å². The molecule has 0 bridgehead atoms. The van der Waals surface area contributed by atoms with Crippen LogP contribution in [0.5, 0.6) is 11.5 Å². The van der Waals surface area contributed by atoms with Gasteiger partial charge in [-0.15, -0.1) is 0 Å². The zero-order valence-corrected chi connectivity index (χ0v) is 53.9. The Hall–Kier alpha value is -6.93. The summed E-state index contributed by atoms with van der Waals surface area (Å²) >= 11 is 0. The van der Waals surface area contributed by atoms with Crippen LogP contribution in [0.3, 0.4) is 0 Å². The molecule has 14 atom stereocenters. The highest BCUT2D eigenvalue weighted by atomic mass is 16.5. The van der Waals surface area contributed by atoms with Crippen LogP contribution in [-0.2, 0) is 33.5 Å². The molecule has 0 aromatic heterocycles. The number of ether oxygens (including phenoxy) is 2. The summed E-state index contributed by atoms with van der Waals surface area (Å²) < 4.78 is 11.9. The summed E-state index contributed by atoms with van der Waals surface area (Å²) in [7, 11) is 0. The van der Waals surface area contributed by atoms with E-state index >= 15 is 0 Å². The van der Waals surface area contributed by atoms with Crippen molar-refractivity contribution in [2.24, 2.45) is 11.5 Å². The Labute approximate surface area is 548 Å². The standard InChI is InChI=1S/C66H99N11O17/c1-3-4-5-6-7-8-9-10-11-28-74-30-32-75(33-31-74)34-36-93-47-22-18-42(19-23-47)41-12-14-44(15-13-41)59(86)69-48-38-52(83)64(94-35-27-68)73-63(90)56-51(82)25-29-76(56)66(92)54(50(81)24-26-67)71-62(89)55(58(85)57(84)43-16-20-45(79)21-17-43)72-61(88)49-37-46(80)39-77(49)65(91)53(40(2)78)70-60(48)87/h12-23,40,46,48-58,64,78-85H,3-11,24-39,67-68H2,1-2H3,(H,69,86)(H,70,87)(H,71,89)(H,72,88)(H,73,90). The lowest BCUT2D eigenvalue weighted by Crippen LogP contribution is -2.64. The Balaban J connectivity index is 1.09. The Morgan fingerprint density at radius 3 is 1.83 bits per heavy atom. The molecule has 14 unspecified atom stereocenters. The summed E-state index contributed by atoms with van der Waals surface area (Å²) in [5.41, 5.74) is 13.0. The number of nitrogens with zero attached hydrogens (tertiary/aromatic N) is 4. The van der Waals surface area contributed by atoms with Gasteiger partial charge in [-0.05, 0) is 92.4 Å². The molecule has 520 valence electrons. The monoisotopic (exact) mass is 1320 g/mol. The lowest BCUT2D eigenvalue weighted by molar-refractivity contribution is -0.149. The number of nitrogens with two attached hydrogens (primary N) is 2. The van der Waals surface area contributed by atoms with E-state index in [0.29, 0.717) is 12.4 Å². The fourth-order valence-electron chi connectivity index (χ4n) is 12.4. The number of benzene rings is 3. The predicted molar refractivity (Wildman–Crippen MR) is 345 cm³/mol. The molecule has 3 aromatic rings. The zero-order valence-electron chi connectivity index (χ0n) is 53.9. The smallest absolute Gasteiger partial charge is 0.251 e. The molecule has 4 aliphatic heterocycles. The number of aromatic hydroxyl groups is 1. The molecule has 0 aliphatic carbocycles. The molecular formula is C66H99N11O17. The van der Waals surface area contributed by atoms with Gasteiger partial charge < -0.3 is 103 Å². The number of carbonyl (C=O) groups excluding carboxylic acids is 7.